The molecule has 1 heterocycles. The minimum atomic E-state index is -1.03. The first-order chi connectivity index (χ1) is 17.0. The van der Waals surface area contributed by atoms with E-state index in [1.165, 1.54) is 38.4 Å². The first kappa shape index (κ1) is 26.1. The lowest BCUT2D eigenvalue weighted by atomic mass is 10.1. The van der Waals surface area contributed by atoms with Crippen molar-refractivity contribution in [2.45, 2.75) is 31.6 Å². The highest BCUT2D eigenvalue weighted by atomic mass is 16.7. The summed E-state index contributed by atoms with van der Waals surface area (Å²) in [4.78, 5) is 26.3. The molecule has 0 aromatic heterocycles. The molecule has 0 bridgehead atoms. The predicted octanol–water partition coefficient (Wildman–Crippen LogP) is 3.14. The molecule has 0 saturated carbocycles. The number of nitrogens with one attached hydrogen (secondary N) is 1. The number of methoxy groups -OCH3 is 3. The third kappa shape index (κ3) is 7.00. The van der Waals surface area contributed by atoms with Gasteiger partial charge in [-0.2, -0.15) is 0 Å². The second-order valence-electron chi connectivity index (χ2n) is 8.05. The molecule has 1 fully saturated rings. The number of hydrogen-bond donors (Lipinski definition) is 2. The van der Waals surface area contributed by atoms with Gasteiger partial charge in [0.25, 0.3) is 5.91 Å². The van der Waals surface area contributed by atoms with E-state index in [4.69, 9.17) is 23.7 Å². The molecule has 10 nitrogen and oxygen atoms in total. The van der Waals surface area contributed by atoms with Gasteiger partial charge in [0.2, 0.25) is 5.75 Å². The fraction of sp³-hybridized carbons (Fsp3) is 0.440. The summed E-state index contributed by atoms with van der Waals surface area (Å²) in [6, 6.07) is 12.2. The predicted molar refractivity (Wildman–Crippen MR) is 127 cm³/mol. The summed E-state index contributed by atoms with van der Waals surface area (Å²) >= 11 is 0. The molecule has 1 aliphatic rings. The maximum atomic E-state index is 13.3. The van der Waals surface area contributed by atoms with Gasteiger partial charge < -0.3 is 39.0 Å². The second-order valence-corrected chi connectivity index (χ2v) is 8.05. The minimum Gasteiger partial charge on any atom is -0.493 e. The van der Waals surface area contributed by atoms with Gasteiger partial charge in [0, 0.05) is 25.8 Å². The normalized spacial score (nSPS) is 17.9. The van der Waals surface area contributed by atoms with Crippen LogP contribution < -0.4 is 19.5 Å². The van der Waals surface area contributed by atoms with E-state index in [1.807, 2.05) is 30.3 Å². The van der Waals surface area contributed by atoms with Gasteiger partial charge in [0.05, 0.1) is 33.0 Å². The molecule has 1 saturated heterocycles. The van der Waals surface area contributed by atoms with Gasteiger partial charge >= 0.3 is 6.09 Å². The molecular weight excluding hydrogens is 456 g/mol. The van der Waals surface area contributed by atoms with Crippen LogP contribution in [0.3, 0.4) is 0 Å². The molecule has 0 radical (unpaired) electrons. The van der Waals surface area contributed by atoms with E-state index in [0.29, 0.717) is 43.2 Å². The molecule has 35 heavy (non-hydrogen) atoms. The summed E-state index contributed by atoms with van der Waals surface area (Å²) in [6.45, 7) is 0.827. The molecule has 2 aromatic rings. The molecule has 1 aliphatic heterocycles. The summed E-state index contributed by atoms with van der Waals surface area (Å²) in [5.41, 5.74) is 1.27. The summed E-state index contributed by atoms with van der Waals surface area (Å²) in [7, 11) is 4.41. The molecule has 0 spiro atoms. The number of ether oxygens (including phenoxy) is 5. The van der Waals surface area contributed by atoms with Crippen LogP contribution in [0.4, 0.5) is 4.79 Å². The van der Waals surface area contributed by atoms with Gasteiger partial charge in [0.1, 0.15) is 0 Å². The Labute approximate surface area is 204 Å². The number of likely N-dealkylation sites (tertiary alicyclic amines) is 1. The van der Waals surface area contributed by atoms with Crippen LogP contribution in [-0.2, 0) is 16.1 Å². The Morgan fingerprint density at radius 3 is 2.37 bits per heavy atom. The van der Waals surface area contributed by atoms with Gasteiger partial charge in [-0.1, -0.05) is 30.3 Å². The van der Waals surface area contributed by atoms with Gasteiger partial charge in [0.15, 0.2) is 18.3 Å². The molecule has 2 aromatic carbocycles. The summed E-state index contributed by atoms with van der Waals surface area (Å²) in [5, 5.41) is 12.5. The number of benzene rings is 2. The van der Waals surface area contributed by atoms with E-state index in [2.05, 4.69) is 5.32 Å². The Morgan fingerprint density at radius 2 is 1.77 bits per heavy atom. The molecule has 2 N–H and O–H groups in total. The number of rotatable bonds is 10. The molecule has 0 aliphatic carbocycles. The highest BCUT2D eigenvalue weighted by molar-refractivity contribution is 5.96. The van der Waals surface area contributed by atoms with Crippen molar-refractivity contribution >= 4 is 12.0 Å². The average molecular weight is 489 g/mol. The second kappa shape index (κ2) is 12.8. The molecular formula is C25H32N2O8. The smallest absolute Gasteiger partial charge is 0.407 e. The van der Waals surface area contributed by atoms with Crippen molar-refractivity contribution in [2.75, 3.05) is 41.2 Å². The van der Waals surface area contributed by atoms with E-state index in [1.54, 1.807) is 0 Å². The molecule has 0 unspecified atom stereocenters. The van der Waals surface area contributed by atoms with E-state index < -0.39 is 18.0 Å². The lowest BCUT2D eigenvalue weighted by Gasteiger charge is -2.28. The largest absolute Gasteiger partial charge is 0.493 e. The lowest BCUT2D eigenvalue weighted by Crippen LogP contribution is -2.50. The standard InChI is InChI=1S/C25H32N2O8/c1-31-16-35-23-21(32-2)12-18(13-22(23)33-3)24(28)26-19-14-27(25(29)30)11-7-10-20(19)34-15-17-8-5-4-6-9-17/h4-6,8-9,12-13,19-20H,7,10-11,14-16H2,1-3H3,(H,26,28)(H,29,30)/t19-,20-/m1/s1. The first-order valence-corrected chi connectivity index (χ1v) is 11.3. The maximum Gasteiger partial charge on any atom is 0.407 e. The Balaban J connectivity index is 1.82. The van der Waals surface area contributed by atoms with Crippen LogP contribution in [0.25, 0.3) is 0 Å². The van der Waals surface area contributed by atoms with Crippen LogP contribution in [-0.4, -0.2) is 75.4 Å². The summed E-state index contributed by atoms with van der Waals surface area (Å²) < 4.78 is 27.4. The number of carboxylic acid groups (broad SMARTS) is 1. The number of hydrogen-bond acceptors (Lipinski definition) is 7. The van der Waals surface area contributed by atoms with E-state index >= 15 is 0 Å². The van der Waals surface area contributed by atoms with Crippen LogP contribution >= 0.6 is 0 Å². The zero-order valence-electron chi connectivity index (χ0n) is 20.2. The Bertz CT molecular complexity index is 960. The summed E-state index contributed by atoms with van der Waals surface area (Å²) in [5.74, 6) is 0.502. The molecule has 3 rings (SSSR count). The molecule has 10 heteroatoms. The first-order valence-electron chi connectivity index (χ1n) is 11.3. The van der Waals surface area contributed by atoms with Crippen molar-refractivity contribution < 1.29 is 38.4 Å². The highest BCUT2D eigenvalue weighted by Gasteiger charge is 2.32. The summed E-state index contributed by atoms with van der Waals surface area (Å²) in [6.07, 6.45) is -0.156. The van der Waals surface area contributed by atoms with Crippen molar-refractivity contribution in [3.8, 4) is 17.2 Å². The fourth-order valence-electron chi connectivity index (χ4n) is 3.94. The highest BCUT2D eigenvalue weighted by Crippen LogP contribution is 2.38. The van der Waals surface area contributed by atoms with Crippen molar-refractivity contribution in [1.82, 2.24) is 10.2 Å². The van der Waals surface area contributed by atoms with Crippen LogP contribution in [0, 0.1) is 0 Å². The van der Waals surface area contributed by atoms with E-state index in [0.717, 1.165) is 5.56 Å². The minimum absolute atomic E-state index is 0.0220. The van der Waals surface area contributed by atoms with Gasteiger partial charge in [-0.25, -0.2) is 4.79 Å². The molecule has 190 valence electrons. The van der Waals surface area contributed by atoms with Crippen LogP contribution in [0.1, 0.15) is 28.8 Å². The third-order valence-corrected chi connectivity index (χ3v) is 5.72. The van der Waals surface area contributed by atoms with Crippen LogP contribution in [0.15, 0.2) is 42.5 Å². The topological polar surface area (TPSA) is 116 Å². The Hall–Kier alpha value is -3.50. The SMILES string of the molecule is COCOc1c(OC)cc(C(=O)N[C@@H]2CN(C(=O)O)CCC[C@H]2OCc2ccccc2)cc1OC. The molecule has 2 atom stereocenters. The van der Waals surface area contributed by atoms with Crippen molar-refractivity contribution in [3.63, 3.8) is 0 Å². The van der Waals surface area contributed by atoms with Crippen molar-refractivity contribution in [1.29, 1.82) is 0 Å². The Kier molecular flexibility index (Phi) is 9.56. The van der Waals surface area contributed by atoms with E-state index in [-0.39, 0.29) is 25.0 Å². The van der Waals surface area contributed by atoms with Crippen molar-refractivity contribution in [3.05, 3.63) is 53.6 Å². The maximum absolute atomic E-state index is 13.3. The number of amides is 2. The monoisotopic (exact) mass is 488 g/mol. The third-order valence-electron chi connectivity index (χ3n) is 5.72. The zero-order chi connectivity index (χ0) is 25.2. The zero-order valence-corrected chi connectivity index (χ0v) is 20.2. The number of carbonyl (C=O) groups is 2. The number of carbonyl (C=O) groups excluding carboxylic acids is 1. The lowest BCUT2D eigenvalue weighted by molar-refractivity contribution is 0.0106. The van der Waals surface area contributed by atoms with Crippen LogP contribution in [0.5, 0.6) is 17.2 Å². The van der Waals surface area contributed by atoms with Gasteiger partial charge in [-0.15, -0.1) is 0 Å². The van der Waals surface area contributed by atoms with Gasteiger partial charge in [-0.05, 0) is 30.5 Å². The Morgan fingerprint density at radius 1 is 1.09 bits per heavy atom. The number of nitrogens with zero attached hydrogens (tertiary/aromatic N) is 1. The van der Waals surface area contributed by atoms with Gasteiger partial charge in [-0.3, -0.25) is 4.79 Å². The van der Waals surface area contributed by atoms with Crippen molar-refractivity contribution in [2.24, 2.45) is 0 Å². The molecule has 2 amide bonds. The quantitative estimate of drug-likeness (QED) is 0.490. The average Bonchev–Trinajstić information content (AvgIpc) is 3.08. The van der Waals surface area contributed by atoms with Crippen LogP contribution in [0.2, 0.25) is 0 Å². The fourth-order valence-corrected chi connectivity index (χ4v) is 3.94. The van der Waals surface area contributed by atoms with E-state index in [9.17, 15) is 14.7 Å².